The predicted molar refractivity (Wildman–Crippen MR) is 73.0 cm³/mol. The molecule has 1 aromatic rings. The fourth-order valence-corrected chi connectivity index (χ4v) is 1.67. The summed E-state index contributed by atoms with van der Waals surface area (Å²) < 4.78 is 0. The molecular weight excluding hydrogens is 236 g/mol. The van der Waals surface area contributed by atoms with Crippen LogP contribution >= 0.6 is 0 Å². The molecule has 0 radical (unpaired) electrons. The zero-order chi connectivity index (χ0) is 14.3. The Labute approximate surface area is 113 Å². The van der Waals surface area contributed by atoms with Gasteiger partial charge in [0.1, 0.15) is 12.1 Å². The number of nitriles is 3. The van der Waals surface area contributed by atoms with Gasteiger partial charge in [0, 0.05) is 18.7 Å². The van der Waals surface area contributed by atoms with Crippen molar-refractivity contribution in [2.45, 2.75) is 26.7 Å². The predicted octanol–water partition coefficient (Wildman–Crippen LogP) is 3.17. The van der Waals surface area contributed by atoms with Gasteiger partial charge in [-0.05, 0) is 30.0 Å². The molecule has 0 amide bonds. The minimum atomic E-state index is 0.0104. The Morgan fingerprint density at radius 3 is 2.37 bits per heavy atom. The van der Waals surface area contributed by atoms with Crippen molar-refractivity contribution in [1.82, 2.24) is 0 Å². The standard InChI is InChI=1S/C15H16N4/c1-15(2,6-3-7-16)11-19-14-5-4-12(9-17)13(8-14)10-18/h4-5,8,19H,3,6,11H2,1-2H3. The molecule has 0 saturated heterocycles. The summed E-state index contributed by atoms with van der Waals surface area (Å²) in [5.41, 5.74) is 1.59. The molecule has 1 aromatic carbocycles. The molecule has 0 aliphatic carbocycles. The summed E-state index contributed by atoms with van der Waals surface area (Å²) in [6.45, 7) is 4.89. The summed E-state index contributed by atoms with van der Waals surface area (Å²) in [4.78, 5) is 0. The van der Waals surface area contributed by atoms with E-state index in [1.165, 1.54) is 0 Å². The van der Waals surface area contributed by atoms with Gasteiger partial charge in [-0.3, -0.25) is 0 Å². The van der Waals surface area contributed by atoms with Crippen LogP contribution in [0.15, 0.2) is 18.2 Å². The monoisotopic (exact) mass is 252 g/mol. The second kappa shape index (κ2) is 6.43. The normalized spacial score (nSPS) is 10.1. The van der Waals surface area contributed by atoms with Crippen LogP contribution in [0.25, 0.3) is 0 Å². The first-order valence-corrected chi connectivity index (χ1v) is 6.07. The molecule has 0 saturated carbocycles. The van der Waals surface area contributed by atoms with Crippen LogP contribution in [0.2, 0.25) is 0 Å². The van der Waals surface area contributed by atoms with Crippen LogP contribution in [0, 0.1) is 39.4 Å². The van der Waals surface area contributed by atoms with Gasteiger partial charge in [0.25, 0.3) is 0 Å². The number of hydrogen-bond acceptors (Lipinski definition) is 4. The lowest BCUT2D eigenvalue weighted by molar-refractivity contribution is 0.364. The van der Waals surface area contributed by atoms with Crippen LogP contribution in [0.3, 0.4) is 0 Å². The number of nitrogens with zero attached hydrogens (tertiary/aromatic N) is 3. The second-order valence-corrected chi connectivity index (χ2v) is 5.16. The number of hydrogen-bond donors (Lipinski definition) is 1. The maximum atomic E-state index is 8.95. The lowest BCUT2D eigenvalue weighted by Gasteiger charge is -2.24. The summed E-state index contributed by atoms with van der Waals surface area (Å²) in [5.74, 6) is 0. The smallest absolute Gasteiger partial charge is 0.101 e. The first kappa shape index (κ1) is 14.6. The largest absolute Gasteiger partial charge is 0.384 e. The highest BCUT2D eigenvalue weighted by Crippen LogP contribution is 2.23. The topological polar surface area (TPSA) is 83.4 Å². The molecule has 1 N–H and O–H groups in total. The Bertz CT molecular complexity index is 567. The van der Waals surface area contributed by atoms with Crippen molar-refractivity contribution >= 4 is 5.69 Å². The van der Waals surface area contributed by atoms with Crippen molar-refractivity contribution in [1.29, 1.82) is 15.8 Å². The molecule has 1 rings (SSSR count). The number of benzene rings is 1. The van der Waals surface area contributed by atoms with E-state index in [9.17, 15) is 0 Å². The van der Waals surface area contributed by atoms with Crippen molar-refractivity contribution in [3.8, 4) is 18.2 Å². The van der Waals surface area contributed by atoms with Gasteiger partial charge in [0.2, 0.25) is 0 Å². The third-order valence-corrected chi connectivity index (χ3v) is 2.95. The molecule has 4 nitrogen and oxygen atoms in total. The second-order valence-electron chi connectivity index (χ2n) is 5.16. The van der Waals surface area contributed by atoms with Crippen molar-refractivity contribution in [3.05, 3.63) is 29.3 Å². The van der Waals surface area contributed by atoms with E-state index < -0.39 is 0 Å². The molecule has 0 heterocycles. The van der Waals surface area contributed by atoms with E-state index in [4.69, 9.17) is 15.8 Å². The SMILES string of the molecule is CC(C)(CCC#N)CNc1ccc(C#N)c(C#N)c1. The third kappa shape index (κ3) is 4.34. The average molecular weight is 252 g/mol. The average Bonchev–Trinajstić information content (AvgIpc) is 2.42. The first-order chi connectivity index (χ1) is 9.02. The van der Waals surface area contributed by atoms with Gasteiger partial charge in [-0.25, -0.2) is 0 Å². The molecule has 0 aromatic heterocycles. The fraction of sp³-hybridized carbons (Fsp3) is 0.400. The highest BCUT2D eigenvalue weighted by molar-refractivity contribution is 5.56. The summed E-state index contributed by atoms with van der Waals surface area (Å²) in [6, 6.07) is 11.3. The van der Waals surface area contributed by atoms with Crippen molar-refractivity contribution in [3.63, 3.8) is 0 Å². The molecule has 19 heavy (non-hydrogen) atoms. The van der Waals surface area contributed by atoms with E-state index in [0.717, 1.165) is 12.1 Å². The van der Waals surface area contributed by atoms with Crippen LogP contribution in [0.5, 0.6) is 0 Å². The molecule has 0 atom stereocenters. The quantitative estimate of drug-likeness (QED) is 0.872. The maximum Gasteiger partial charge on any atom is 0.101 e. The van der Waals surface area contributed by atoms with Gasteiger partial charge >= 0.3 is 0 Å². The lowest BCUT2D eigenvalue weighted by atomic mass is 9.88. The van der Waals surface area contributed by atoms with Crippen LogP contribution in [0.4, 0.5) is 5.69 Å². The Balaban J connectivity index is 2.72. The highest BCUT2D eigenvalue weighted by Gasteiger charge is 2.17. The Hall–Kier alpha value is -2.51. The summed E-state index contributed by atoms with van der Waals surface area (Å²) >= 11 is 0. The van der Waals surface area contributed by atoms with Gasteiger partial charge in [0.05, 0.1) is 17.2 Å². The van der Waals surface area contributed by atoms with Crippen LogP contribution in [0.1, 0.15) is 37.8 Å². The summed E-state index contributed by atoms with van der Waals surface area (Å²) in [5, 5.41) is 29.7. The summed E-state index contributed by atoms with van der Waals surface area (Å²) in [7, 11) is 0. The van der Waals surface area contributed by atoms with E-state index in [0.29, 0.717) is 24.1 Å². The number of nitrogens with one attached hydrogen (secondary N) is 1. The minimum Gasteiger partial charge on any atom is -0.384 e. The fourth-order valence-electron chi connectivity index (χ4n) is 1.67. The Kier molecular flexibility index (Phi) is 4.92. The molecule has 0 spiro atoms. The van der Waals surface area contributed by atoms with Gasteiger partial charge in [-0.2, -0.15) is 15.8 Å². The van der Waals surface area contributed by atoms with Crippen molar-refractivity contribution in [2.75, 3.05) is 11.9 Å². The molecule has 0 fully saturated rings. The zero-order valence-corrected chi connectivity index (χ0v) is 11.2. The lowest BCUT2D eigenvalue weighted by Crippen LogP contribution is -2.22. The van der Waals surface area contributed by atoms with E-state index in [2.05, 4.69) is 25.2 Å². The van der Waals surface area contributed by atoms with Crippen LogP contribution in [-0.2, 0) is 0 Å². The first-order valence-electron chi connectivity index (χ1n) is 6.07. The number of anilines is 1. The van der Waals surface area contributed by atoms with E-state index >= 15 is 0 Å². The van der Waals surface area contributed by atoms with Gasteiger partial charge in [-0.1, -0.05) is 13.8 Å². The molecule has 0 unspecified atom stereocenters. The van der Waals surface area contributed by atoms with Gasteiger partial charge in [0.15, 0.2) is 0 Å². The van der Waals surface area contributed by atoms with Crippen LogP contribution < -0.4 is 5.32 Å². The molecule has 4 heteroatoms. The van der Waals surface area contributed by atoms with Gasteiger partial charge in [-0.15, -0.1) is 0 Å². The Morgan fingerprint density at radius 2 is 1.79 bits per heavy atom. The highest BCUT2D eigenvalue weighted by atomic mass is 14.9. The minimum absolute atomic E-state index is 0.0104. The molecule has 0 aliphatic heterocycles. The van der Waals surface area contributed by atoms with Gasteiger partial charge < -0.3 is 5.32 Å². The third-order valence-electron chi connectivity index (χ3n) is 2.95. The maximum absolute atomic E-state index is 8.95. The Morgan fingerprint density at radius 1 is 1.11 bits per heavy atom. The van der Waals surface area contributed by atoms with E-state index in [1.54, 1.807) is 18.2 Å². The molecular formula is C15H16N4. The number of rotatable bonds is 5. The van der Waals surface area contributed by atoms with Crippen molar-refractivity contribution < 1.29 is 0 Å². The molecule has 96 valence electrons. The molecule has 0 aliphatic rings. The summed E-state index contributed by atoms with van der Waals surface area (Å²) in [6.07, 6.45) is 1.35. The van der Waals surface area contributed by atoms with Crippen LogP contribution in [-0.4, -0.2) is 6.54 Å². The zero-order valence-electron chi connectivity index (χ0n) is 11.2. The van der Waals surface area contributed by atoms with Crippen molar-refractivity contribution in [2.24, 2.45) is 5.41 Å². The molecule has 0 bridgehead atoms. The van der Waals surface area contributed by atoms with E-state index in [-0.39, 0.29) is 5.41 Å². The van der Waals surface area contributed by atoms with E-state index in [1.807, 2.05) is 12.1 Å².